The summed E-state index contributed by atoms with van der Waals surface area (Å²) >= 11 is -0.337. The van der Waals surface area contributed by atoms with E-state index in [1.165, 1.54) is 6.07 Å². The van der Waals surface area contributed by atoms with Crippen molar-refractivity contribution in [2.45, 2.75) is 127 Å². The average molecular weight is 977 g/mol. The van der Waals surface area contributed by atoms with E-state index in [1.54, 1.807) is 20.4 Å². The van der Waals surface area contributed by atoms with Gasteiger partial charge in [0.15, 0.2) is 0 Å². The van der Waals surface area contributed by atoms with Gasteiger partial charge >= 0.3 is 366 Å². The van der Waals surface area contributed by atoms with E-state index in [2.05, 4.69) is 95.5 Å². The van der Waals surface area contributed by atoms with E-state index in [0.29, 0.717) is 28.0 Å². The second kappa shape index (κ2) is 23.0. The van der Waals surface area contributed by atoms with Gasteiger partial charge in [0.05, 0.1) is 14.2 Å². The molecule has 0 spiro atoms. The molecule has 1 aliphatic heterocycles. The minimum atomic E-state index is -2.61. The minimum absolute atomic E-state index is 0.0126. The van der Waals surface area contributed by atoms with Crippen molar-refractivity contribution in [1.29, 1.82) is 10.5 Å². The number of hydrogen-bond donors (Lipinski definition) is 0. The van der Waals surface area contributed by atoms with Crippen LogP contribution in [0.15, 0.2) is 95.9 Å². The Morgan fingerprint density at radius 1 is 0.844 bits per heavy atom. The number of nitriles is 2. The number of ether oxygens (including phenoxy) is 4. The van der Waals surface area contributed by atoms with Gasteiger partial charge in [-0.3, -0.25) is 0 Å². The summed E-state index contributed by atoms with van der Waals surface area (Å²) in [6, 6.07) is 31.7. The van der Waals surface area contributed by atoms with E-state index in [-0.39, 0.29) is 57.3 Å². The molecule has 5 atom stereocenters. The Hall–Kier alpha value is -3.95. The summed E-state index contributed by atoms with van der Waals surface area (Å²) in [4.78, 5) is 17.4. The molecule has 1 unspecified atom stereocenters. The molecule has 1 saturated heterocycles. The van der Waals surface area contributed by atoms with E-state index in [0.717, 1.165) is 16.7 Å². The molecule has 0 radical (unpaired) electrons. The van der Waals surface area contributed by atoms with Gasteiger partial charge in [0.25, 0.3) is 0 Å². The zero-order valence-corrected chi connectivity index (χ0v) is 42.6. The van der Waals surface area contributed by atoms with Gasteiger partial charge in [-0.2, -0.15) is 0 Å². The molecule has 13 nitrogen and oxygen atoms in total. The van der Waals surface area contributed by atoms with Gasteiger partial charge in [0, 0.05) is 0 Å². The van der Waals surface area contributed by atoms with Crippen LogP contribution in [-0.2, 0) is 28.5 Å². The summed E-state index contributed by atoms with van der Waals surface area (Å²) in [5.41, 5.74) is 1.04. The van der Waals surface area contributed by atoms with Crippen molar-refractivity contribution in [3.8, 4) is 23.6 Å². The molecule has 1 fully saturated rings. The molecule has 16 heteroatoms. The first-order valence-corrected chi connectivity index (χ1v) is 27.8. The Kier molecular flexibility index (Phi) is 18.3. The van der Waals surface area contributed by atoms with Crippen molar-refractivity contribution in [2.24, 2.45) is 0 Å². The first-order valence-electron chi connectivity index (χ1n) is 21.7. The topological polar surface area (TPSA) is 150 Å². The van der Waals surface area contributed by atoms with Crippen molar-refractivity contribution < 1.29 is 32.4 Å². The Balaban J connectivity index is 1.76. The van der Waals surface area contributed by atoms with E-state index < -0.39 is 47.0 Å². The summed E-state index contributed by atoms with van der Waals surface area (Å²) in [5.74, 6) is 1.40. The second-order valence-corrected chi connectivity index (χ2v) is 25.9. The number of benzene rings is 3. The summed E-state index contributed by atoms with van der Waals surface area (Å²) < 4.78 is 52.0. The van der Waals surface area contributed by atoms with Crippen LogP contribution in [0.4, 0.5) is 0 Å². The summed E-state index contributed by atoms with van der Waals surface area (Å²) in [7, 11) is -1.13. The molecule has 1 aromatic heterocycles. The van der Waals surface area contributed by atoms with E-state index >= 15 is 0 Å². The molecule has 0 N–H and O–H groups in total. The normalized spacial score (nSPS) is 18.6. The molecular formula is C48H64N5O8PSeSi. The fraction of sp³-hybridized carbons (Fsp3) is 0.500. The van der Waals surface area contributed by atoms with Gasteiger partial charge < -0.3 is 9.47 Å². The molecule has 0 amide bonds. The molecule has 3 aromatic carbocycles. The zero-order valence-electron chi connectivity index (χ0n) is 39.0. The van der Waals surface area contributed by atoms with Crippen LogP contribution < -0.4 is 19.8 Å². The standard InChI is InChI=1S/C48H64N5O8PSeSi/c1-34(2)53(35(3)4)62(58-31-15-28-49)60-43-41(59-45(44(43)61-64(10,11)47(5,6)7)52-30-27-42(54)51-46(52)63-32-16-29-50)33-57-48(36-17-13-12-14-18-36,37-19-23-39(55-8)24-20-37)38-21-25-40(56-9)26-22-38/h12-14,17-27,30,34-35,41,43-45H,15-16,31-33H2,1-11H3/t41-,43-,44-,45-,62?/m1/s1. The van der Waals surface area contributed by atoms with Crippen molar-refractivity contribution in [1.82, 2.24) is 14.2 Å². The molecule has 0 saturated carbocycles. The van der Waals surface area contributed by atoms with Crippen molar-refractivity contribution in [3.05, 3.63) is 118 Å². The summed E-state index contributed by atoms with van der Waals surface area (Å²) in [6.07, 6.45) is -0.873. The fourth-order valence-corrected chi connectivity index (χ4v) is 12.2. The van der Waals surface area contributed by atoms with Crippen LogP contribution in [0.3, 0.4) is 0 Å². The SMILES string of the molecule is COc1ccc(C(OC[C@H]2O[C@@H](n3ccc(=O)nc3[Se]CCC#N)[C@H](O[Si](C)(C)C(C)(C)C)[C@@H]2OP(OCCC#N)N(C(C)C)C(C)C)(c2ccccc2)c2ccc(OC)cc2)cc1. The fourth-order valence-electron chi connectivity index (χ4n) is 7.40. The molecule has 4 aromatic rings. The number of rotatable bonds is 22. The van der Waals surface area contributed by atoms with Crippen LogP contribution in [0.2, 0.25) is 23.5 Å². The van der Waals surface area contributed by atoms with Crippen LogP contribution in [0.1, 0.15) is 84.2 Å². The molecule has 344 valence electrons. The quantitative estimate of drug-likeness (QED) is 0.0320. The van der Waals surface area contributed by atoms with Gasteiger partial charge in [0.1, 0.15) is 0 Å². The van der Waals surface area contributed by atoms with Gasteiger partial charge in [-0.1, -0.05) is 0 Å². The Bertz CT molecular complexity index is 2170. The number of nitrogens with zero attached hydrogens (tertiary/aromatic N) is 5. The van der Waals surface area contributed by atoms with E-state index in [4.69, 9.17) is 32.4 Å². The van der Waals surface area contributed by atoms with Crippen LogP contribution in [0.25, 0.3) is 0 Å². The predicted molar refractivity (Wildman–Crippen MR) is 253 cm³/mol. The molecular weight excluding hydrogens is 913 g/mol. The molecule has 0 bridgehead atoms. The summed E-state index contributed by atoms with van der Waals surface area (Å²) in [6.45, 7) is 19.5. The molecule has 2 heterocycles. The predicted octanol–water partition coefficient (Wildman–Crippen LogP) is 8.88. The van der Waals surface area contributed by atoms with E-state index in [9.17, 15) is 15.3 Å². The third-order valence-corrected chi connectivity index (χ3v) is 20.2. The first-order chi connectivity index (χ1) is 30.5. The number of hydrogen-bond acceptors (Lipinski definition) is 12. The first kappa shape index (κ1) is 51.0. The van der Waals surface area contributed by atoms with Gasteiger partial charge in [0.2, 0.25) is 0 Å². The van der Waals surface area contributed by atoms with Crippen molar-refractivity contribution in [3.63, 3.8) is 0 Å². The molecule has 5 rings (SSSR count). The van der Waals surface area contributed by atoms with Crippen LogP contribution in [0, 0.1) is 22.7 Å². The zero-order chi connectivity index (χ0) is 46.7. The number of aromatic nitrogens is 2. The monoisotopic (exact) mass is 977 g/mol. The second-order valence-electron chi connectivity index (χ2n) is 17.6. The van der Waals surface area contributed by atoms with Gasteiger partial charge in [-0.25, -0.2) is 0 Å². The molecule has 1 aliphatic rings. The van der Waals surface area contributed by atoms with E-state index in [1.807, 2.05) is 71.3 Å². The third-order valence-electron chi connectivity index (χ3n) is 11.6. The van der Waals surface area contributed by atoms with Crippen molar-refractivity contribution in [2.75, 3.05) is 27.4 Å². The third kappa shape index (κ3) is 12.1. The van der Waals surface area contributed by atoms with Crippen LogP contribution in [-0.4, -0.2) is 95.3 Å². The molecule has 64 heavy (non-hydrogen) atoms. The summed E-state index contributed by atoms with van der Waals surface area (Å²) in [5, 5.41) is 19.4. The van der Waals surface area contributed by atoms with Crippen LogP contribution >= 0.6 is 8.53 Å². The molecule has 0 aliphatic carbocycles. The average Bonchev–Trinajstić information content (AvgIpc) is 3.59. The Morgan fingerprint density at radius 3 is 1.92 bits per heavy atom. The Morgan fingerprint density at radius 2 is 1.41 bits per heavy atom. The Labute approximate surface area is 388 Å². The van der Waals surface area contributed by atoms with Gasteiger partial charge in [-0.15, -0.1) is 0 Å². The van der Waals surface area contributed by atoms with Crippen molar-refractivity contribution >= 4 is 36.5 Å². The maximum atomic E-state index is 12.9. The van der Waals surface area contributed by atoms with Crippen LogP contribution in [0.5, 0.6) is 11.5 Å². The van der Waals surface area contributed by atoms with Gasteiger partial charge in [-0.05, 0) is 0 Å². The maximum absolute atomic E-state index is 12.9. The number of methoxy groups -OCH3 is 2.